The average Bonchev–Trinajstić information content (AvgIpc) is 2.51. The third-order valence-electron chi connectivity index (χ3n) is 4.56. The smallest absolute Gasteiger partial charge is 0.240 e. The number of aryl methyl sites for hydroxylation is 1. The van der Waals surface area contributed by atoms with Gasteiger partial charge in [0.05, 0.1) is 4.90 Å². The van der Waals surface area contributed by atoms with E-state index in [9.17, 15) is 12.8 Å². The molecule has 6 heteroatoms. The van der Waals surface area contributed by atoms with E-state index in [4.69, 9.17) is 0 Å². The Bertz CT molecular complexity index is 619. The summed E-state index contributed by atoms with van der Waals surface area (Å²) < 4.78 is 40.3. The summed E-state index contributed by atoms with van der Waals surface area (Å²) in [5.74, 6) is -0.419. The van der Waals surface area contributed by atoms with Crippen LogP contribution in [0, 0.1) is 12.7 Å². The normalized spacial score (nSPS) is 19.9. The Morgan fingerprint density at radius 1 is 1.35 bits per heavy atom. The van der Waals surface area contributed by atoms with E-state index in [2.05, 4.69) is 16.5 Å². The fourth-order valence-electron chi connectivity index (χ4n) is 3.30. The maximum atomic E-state index is 13.1. The van der Waals surface area contributed by atoms with Gasteiger partial charge >= 0.3 is 0 Å². The van der Waals surface area contributed by atoms with Crippen molar-refractivity contribution in [2.24, 2.45) is 0 Å². The van der Waals surface area contributed by atoms with Crippen molar-refractivity contribution < 1.29 is 12.8 Å². The number of rotatable bonds is 7. The molecule has 1 aromatic rings. The quantitative estimate of drug-likeness (QED) is 0.775. The van der Waals surface area contributed by atoms with E-state index in [1.54, 1.807) is 6.92 Å². The number of nitrogens with one attached hydrogen (secondary N) is 1. The van der Waals surface area contributed by atoms with Crippen LogP contribution in [0.25, 0.3) is 0 Å². The third-order valence-corrected chi connectivity index (χ3v) is 6.18. The zero-order chi connectivity index (χ0) is 16.9. The first-order chi connectivity index (χ1) is 10.9. The van der Waals surface area contributed by atoms with Crippen LogP contribution < -0.4 is 4.72 Å². The number of benzene rings is 1. The predicted molar refractivity (Wildman–Crippen MR) is 90.4 cm³/mol. The second-order valence-corrected chi connectivity index (χ2v) is 7.99. The van der Waals surface area contributed by atoms with Gasteiger partial charge in [-0.05, 0) is 69.5 Å². The van der Waals surface area contributed by atoms with Crippen molar-refractivity contribution >= 4 is 10.0 Å². The number of sulfonamides is 1. The number of likely N-dealkylation sites (tertiary alicyclic amines) is 1. The molecule has 0 saturated carbocycles. The van der Waals surface area contributed by atoms with Gasteiger partial charge in [-0.3, -0.25) is 0 Å². The molecule has 0 aliphatic carbocycles. The lowest BCUT2D eigenvalue weighted by Crippen LogP contribution is -2.40. The standard InChI is InChI=1S/C17H27FN2O2S/c1-3-16-7-4-5-11-20(16)12-6-10-19-23(21,22)17-9-8-15(18)13-14(17)2/h8-9,13,16,19H,3-7,10-12H2,1-2H3. The van der Waals surface area contributed by atoms with Crippen LogP contribution in [0.1, 0.15) is 44.6 Å². The molecule has 1 atom stereocenters. The minimum atomic E-state index is -3.56. The molecule has 0 radical (unpaired) electrons. The van der Waals surface area contributed by atoms with Crippen molar-refractivity contribution in [1.82, 2.24) is 9.62 Å². The molecule has 23 heavy (non-hydrogen) atoms. The Morgan fingerprint density at radius 2 is 2.13 bits per heavy atom. The van der Waals surface area contributed by atoms with Crippen LogP contribution >= 0.6 is 0 Å². The third kappa shape index (κ3) is 4.99. The molecule has 2 rings (SSSR count). The number of hydrogen-bond acceptors (Lipinski definition) is 3. The molecule has 1 unspecified atom stereocenters. The molecule has 0 spiro atoms. The van der Waals surface area contributed by atoms with Crippen molar-refractivity contribution in [2.45, 2.75) is 56.9 Å². The molecule has 1 aliphatic heterocycles. The van der Waals surface area contributed by atoms with Crippen LogP contribution in [0.5, 0.6) is 0 Å². The van der Waals surface area contributed by atoms with Crippen LogP contribution in [0.4, 0.5) is 4.39 Å². The molecular formula is C17H27FN2O2S. The summed E-state index contributed by atoms with van der Waals surface area (Å²) in [7, 11) is -3.56. The molecule has 4 nitrogen and oxygen atoms in total. The van der Waals surface area contributed by atoms with Crippen LogP contribution in [-0.4, -0.2) is 39.0 Å². The van der Waals surface area contributed by atoms with Gasteiger partial charge in [0.2, 0.25) is 10.0 Å². The summed E-state index contributed by atoms with van der Waals surface area (Å²) in [6, 6.07) is 4.39. The Kier molecular flexibility index (Phi) is 6.56. The van der Waals surface area contributed by atoms with E-state index in [1.807, 2.05) is 0 Å². The van der Waals surface area contributed by atoms with Crippen molar-refractivity contribution in [2.75, 3.05) is 19.6 Å². The maximum absolute atomic E-state index is 13.1. The highest BCUT2D eigenvalue weighted by Gasteiger charge is 2.21. The van der Waals surface area contributed by atoms with Gasteiger partial charge in [0.15, 0.2) is 0 Å². The van der Waals surface area contributed by atoms with Crippen molar-refractivity contribution in [3.05, 3.63) is 29.6 Å². The maximum Gasteiger partial charge on any atom is 0.240 e. The molecule has 0 amide bonds. The van der Waals surface area contributed by atoms with Crippen LogP contribution in [0.2, 0.25) is 0 Å². The highest BCUT2D eigenvalue weighted by molar-refractivity contribution is 7.89. The summed E-state index contributed by atoms with van der Waals surface area (Å²) in [6.07, 6.45) is 5.72. The molecule has 1 aromatic carbocycles. The van der Waals surface area contributed by atoms with Gasteiger partial charge in [-0.25, -0.2) is 17.5 Å². The summed E-state index contributed by atoms with van der Waals surface area (Å²) in [6.45, 7) is 6.26. The lowest BCUT2D eigenvalue weighted by atomic mass is 10.00. The summed E-state index contributed by atoms with van der Waals surface area (Å²) in [5.41, 5.74) is 0.430. The summed E-state index contributed by atoms with van der Waals surface area (Å²) in [4.78, 5) is 2.63. The first-order valence-electron chi connectivity index (χ1n) is 8.44. The molecule has 1 N–H and O–H groups in total. The number of halogens is 1. The molecule has 0 aromatic heterocycles. The minimum Gasteiger partial charge on any atom is -0.300 e. The Morgan fingerprint density at radius 3 is 2.83 bits per heavy atom. The van der Waals surface area contributed by atoms with E-state index in [0.29, 0.717) is 18.2 Å². The van der Waals surface area contributed by atoms with Crippen LogP contribution in [-0.2, 0) is 10.0 Å². The largest absolute Gasteiger partial charge is 0.300 e. The predicted octanol–water partition coefficient (Wildman–Crippen LogP) is 3.07. The highest BCUT2D eigenvalue weighted by Crippen LogP contribution is 2.19. The summed E-state index contributed by atoms with van der Waals surface area (Å²) >= 11 is 0. The molecule has 1 heterocycles. The summed E-state index contributed by atoms with van der Waals surface area (Å²) in [5, 5.41) is 0. The van der Waals surface area contributed by atoms with Gasteiger partial charge in [-0.2, -0.15) is 0 Å². The number of hydrogen-bond donors (Lipinski definition) is 1. The molecular weight excluding hydrogens is 315 g/mol. The molecule has 130 valence electrons. The van der Waals surface area contributed by atoms with E-state index in [0.717, 1.165) is 25.9 Å². The van der Waals surface area contributed by atoms with Crippen molar-refractivity contribution in [3.63, 3.8) is 0 Å². The lowest BCUT2D eigenvalue weighted by molar-refractivity contribution is 0.143. The number of piperidine rings is 1. The highest BCUT2D eigenvalue weighted by atomic mass is 32.2. The first-order valence-corrected chi connectivity index (χ1v) is 9.92. The van der Waals surface area contributed by atoms with Gasteiger partial charge in [0.25, 0.3) is 0 Å². The van der Waals surface area contributed by atoms with Crippen LogP contribution in [0.15, 0.2) is 23.1 Å². The first kappa shape index (κ1) is 18.4. The number of nitrogens with zero attached hydrogens (tertiary/aromatic N) is 1. The van der Waals surface area contributed by atoms with E-state index < -0.39 is 15.8 Å². The van der Waals surface area contributed by atoms with E-state index >= 15 is 0 Å². The topological polar surface area (TPSA) is 49.4 Å². The average molecular weight is 342 g/mol. The molecule has 1 fully saturated rings. The molecule has 1 aliphatic rings. The van der Waals surface area contributed by atoms with E-state index in [1.165, 1.54) is 37.5 Å². The van der Waals surface area contributed by atoms with Gasteiger partial charge in [0.1, 0.15) is 5.82 Å². The van der Waals surface area contributed by atoms with Crippen LogP contribution in [0.3, 0.4) is 0 Å². The second-order valence-electron chi connectivity index (χ2n) is 6.25. The van der Waals surface area contributed by atoms with Gasteiger partial charge in [0, 0.05) is 12.6 Å². The van der Waals surface area contributed by atoms with Crippen molar-refractivity contribution in [3.8, 4) is 0 Å². The van der Waals surface area contributed by atoms with Gasteiger partial charge in [-0.15, -0.1) is 0 Å². The zero-order valence-corrected chi connectivity index (χ0v) is 14.8. The van der Waals surface area contributed by atoms with Gasteiger partial charge < -0.3 is 4.90 Å². The Labute approximate surface area is 139 Å². The zero-order valence-electron chi connectivity index (χ0n) is 14.0. The molecule has 1 saturated heterocycles. The second kappa shape index (κ2) is 8.22. The Hall–Kier alpha value is -0.980. The fourth-order valence-corrected chi connectivity index (χ4v) is 4.60. The van der Waals surface area contributed by atoms with E-state index in [-0.39, 0.29) is 4.90 Å². The molecule has 0 bridgehead atoms. The minimum absolute atomic E-state index is 0.156. The SMILES string of the molecule is CCC1CCCCN1CCCNS(=O)(=O)c1ccc(F)cc1C. The van der Waals surface area contributed by atoms with Gasteiger partial charge in [-0.1, -0.05) is 13.3 Å². The lowest BCUT2D eigenvalue weighted by Gasteiger charge is -2.35. The van der Waals surface area contributed by atoms with Crippen molar-refractivity contribution in [1.29, 1.82) is 0 Å². The Balaban J connectivity index is 1.85. The monoisotopic (exact) mass is 342 g/mol. The fraction of sp³-hybridized carbons (Fsp3) is 0.647.